The lowest BCUT2D eigenvalue weighted by Crippen LogP contribution is -2.22. The summed E-state index contributed by atoms with van der Waals surface area (Å²) in [6, 6.07) is 0. The second-order valence-corrected chi connectivity index (χ2v) is 4.18. The average Bonchev–Trinajstić information content (AvgIpc) is 2.29. The Hall–Kier alpha value is -0.830. The van der Waals surface area contributed by atoms with Crippen LogP contribution in [0.2, 0.25) is 0 Å². The topological polar surface area (TPSA) is 35.5 Å². The predicted octanol–water partition coefficient (Wildman–Crippen LogP) is 2.85. The first-order chi connectivity index (χ1) is 7.69. The van der Waals surface area contributed by atoms with Gasteiger partial charge in [0, 0.05) is 5.57 Å². The van der Waals surface area contributed by atoms with Crippen molar-refractivity contribution in [3.63, 3.8) is 0 Å². The van der Waals surface area contributed by atoms with E-state index in [1.54, 1.807) is 0 Å². The van der Waals surface area contributed by atoms with E-state index >= 15 is 0 Å². The minimum Gasteiger partial charge on any atom is -0.463 e. The summed E-state index contributed by atoms with van der Waals surface area (Å²) in [5, 5.41) is 0. The van der Waals surface area contributed by atoms with Crippen molar-refractivity contribution in [2.24, 2.45) is 0 Å². The molecule has 1 saturated heterocycles. The van der Waals surface area contributed by atoms with E-state index in [-0.39, 0.29) is 12.1 Å². The fraction of sp³-hybridized carbons (Fsp3) is 0.769. The standard InChI is InChI=1S/C13H22O3/c1-4-6-12-9-11(7-8-16-12)10(3)13(14)15-5-2/h12H,4-9H2,1-3H3. The third-order valence-electron chi connectivity index (χ3n) is 2.95. The van der Waals surface area contributed by atoms with Crippen molar-refractivity contribution in [1.29, 1.82) is 0 Å². The van der Waals surface area contributed by atoms with Gasteiger partial charge in [0.05, 0.1) is 19.3 Å². The van der Waals surface area contributed by atoms with Gasteiger partial charge in [-0.2, -0.15) is 0 Å². The molecule has 1 atom stereocenters. The normalized spacial score (nSPS) is 24.1. The third kappa shape index (κ3) is 3.63. The summed E-state index contributed by atoms with van der Waals surface area (Å²) in [6.07, 6.45) is 4.23. The van der Waals surface area contributed by atoms with Gasteiger partial charge in [0.1, 0.15) is 0 Å². The number of carbonyl (C=O) groups excluding carboxylic acids is 1. The number of hydrogen-bond donors (Lipinski definition) is 0. The van der Waals surface area contributed by atoms with Crippen molar-refractivity contribution in [2.75, 3.05) is 13.2 Å². The van der Waals surface area contributed by atoms with Crippen LogP contribution in [0.3, 0.4) is 0 Å². The Labute approximate surface area is 97.8 Å². The maximum Gasteiger partial charge on any atom is 0.333 e. The van der Waals surface area contributed by atoms with Gasteiger partial charge in [0.15, 0.2) is 0 Å². The highest BCUT2D eigenvalue weighted by atomic mass is 16.5. The molecule has 1 aliphatic rings. The molecule has 3 heteroatoms. The molecule has 0 radical (unpaired) electrons. The SMILES string of the molecule is CCCC1CC(=C(C)C(=O)OCC)CCO1. The number of carbonyl (C=O) groups is 1. The average molecular weight is 226 g/mol. The Bertz CT molecular complexity index is 266. The first kappa shape index (κ1) is 13.2. The van der Waals surface area contributed by atoms with E-state index < -0.39 is 0 Å². The van der Waals surface area contributed by atoms with Crippen LogP contribution in [-0.4, -0.2) is 25.3 Å². The molecule has 0 amide bonds. The van der Waals surface area contributed by atoms with Gasteiger partial charge in [0.25, 0.3) is 0 Å². The van der Waals surface area contributed by atoms with Gasteiger partial charge in [-0.25, -0.2) is 4.79 Å². The van der Waals surface area contributed by atoms with E-state index in [0.29, 0.717) is 6.61 Å². The van der Waals surface area contributed by atoms with Crippen molar-refractivity contribution in [3.05, 3.63) is 11.1 Å². The molecule has 0 aromatic rings. The van der Waals surface area contributed by atoms with Crippen LogP contribution >= 0.6 is 0 Å². The molecule has 0 bridgehead atoms. The highest BCUT2D eigenvalue weighted by molar-refractivity contribution is 5.88. The molecule has 1 unspecified atom stereocenters. The van der Waals surface area contributed by atoms with Crippen LogP contribution < -0.4 is 0 Å². The van der Waals surface area contributed by atoms with E-state index in [4.69, 9.17) is 9.47 Å². The van der Waals surface area contributed by atoms with Crippen LogP contribution in [0.4, 0.5) is 0 Å². The second-order valence-electron chi connectivity index (χ2n) is 4.18. The Morgan fingerprint density at radius 3 is 2.88 bits per heavy atom. The second kappa shape index (κ2) is 6.69. The molecule has 1 fully saturated rings. The van der Waals surface area contributed by atoms with Gasteiger partial charge in [-0.15, -0.1) is 0 Å². The quantitative estimate of drug-likeness (QED) is 0.546. The zero-order valence-electron chi connectivity index (χ0n) is 10.5. The molecule has 16 heavy (non-hydrogen) atoms. The summed E-state index contributed by atoms with van der Waals surface area (Å²) < 4.78 is 10.7. The Balaban J connectivity index is 2.63. The Morgan fingerprint density at radius 1 is 1.50 bits per heavy atom. The molecule has 0 spiro atoms. The molecule has 92 valence electrons. The van der Waals surface area contributed by atoms with Gasteiger partial charge in [-0.1, -0.05) is 18.9 Å². The summed E-state index contributed by atoms with van der Waals surface area (Å²) in [5.41, 5.74) is 1.99. The lowest BCUT2D eigenvalue weighted by Gasteiger charge is -2.25. The van der Waals surface area contributed by atoms with Crippen molar-refractivity contribution in [2.45, 2.75) is 52.6 Å². The van der Waals surface area contributed by atoms with E-state index in [2.05, 4.69) is 6.92 Å². The highest BCUT2D eigenvalue weighted by Gasteiger charge is 2.20. The smallest absolute Gasteiger partial charge is 0.333 e. The van der Waals surface area contributed by atoms with E-state index in [9.17, 15) is 4.79 Å². The first-order valence-electron chi connectivity index (χ1n) is 6.16. The molecule has 0 aliphatic carbocycles. The molecular weight excluding hydrogens is 204 g/mol. The molecule has 1 heterocycles. The minimum atomic E-state index is -0.172. The Kier molecular flexibility index (Phi) is 5.53. The largest absolute Gasteiger partial charge is 0.463 e. The van der Waals surface area contributed by atoms with Gasteiger partial charge in [-0.3, -0.25) is 0 Å². The summed E-state index contributed by atoms with van der Waals surface area (Å²) in [6.45, 7) is 7.02. The Morgan fingerprint density at radius 2 is 2.25 bits per heavy atom. The van der Waals surface area contributed by atoms with Crippen LogP contribution in [0.15, 0.2) is 11.1 Å². The maximum atomic E-state index is 11.6. The van der Waals surface area contributed by atoms with Crippen LogP contribution in [0, 0.1) is 0 Å². The molecular formula is C13H22O3. The van der Waals surface area contributed by atoms with Crippen molar-refractivity contribution < 1.29 is 14.3 Å². The zero-order valence-corrected chi connectivity index (χ0v) is 10.5. The van der Waals surface area contributed by atoms with Gasteiger partial charge >= 0.3 is 5.97 Å². The predicted molar refractivity (Wildman–Crippen MR) is 63.2 cm³/mol. The van der Waals surface area contributed by atoms with Crippen molar-refractivity contribution in [3.8, 4) is 0 Å². The van der Waals surface area contributed by atoms with Crippen molar-refractivity contribution in [1.82, 2.24) is 0 Å². The lowest BCUT2D eigenvalue weighted by molar-refractivity contribution is -0.138. The highest BCUT2D eigenvalue weighted by Crippen LogP contribution is 2.25. The van der Waals surface area contributed by atoms with E-state index in [1.807, 2.05) is 13.8 Å². The molecule has 0 saturated carbocycles. The molecule has 1 rings (SSSR count). The van der Waals surface area contributed by atoms with Gasteiger partial charge in [-0.05, 0) is 33.1 Å². The molecule has 0 aromatic carbocycles. The van der Waals surface area contributed by atoms with E-state index in [0.717, 1.165) is 37.9 Å². The van der Waals surface area contributed by atoms with Crippen LogP contribution in [-0.2, 0) is 14.3 Å². The molecule has 0 aromatic heterocycles. The monoisotopic (exact) mass is 226 g/mol. The third-order valence-corrected chi connectivity index (χ3v) is 2.95. The van der Waals surface area contributed by atoms with Crippen LogP contribution in [0.5, 0.6) is 0 Å². The molecule has 3 nitrogen and oxygen atoms in total. The number of rotatable bonds is 4. The summed E-state index contributed by atoms with van der Waals surface area (Å²) in [4.78, 5) is 11.6. The minimum absolute atomic E-state index is 0.172. The lowest BCUT2D eigenvalue weighted by atomic mass is 9.95. The zero-order chi connectivity index (χ0) is 12.0. The number of hydrogen-bond acceptors (Lipinski definition) is 3. The van der Waals surface area contributed by atoms with E-state index in [1.165, 1.54) is 5.57 Å². The first-order valence-corrected chi connectivity index (χ1v) is 6.16. The fourth-order valence-electron chi connectivity index (χ4n) is 2.02. The molecule has 1 aliphatic heterocycles. The summed E-state index contributed by atoms with van der Waals surface area (Å²) >= 11 is 0. The van der Waals surface area contributed by atoms with Crippen LogP contribution in [0.1, 0.15) is 46.5 Å². The van der Waals surface area contributed by atoms with Gasteiger partial charge in [0.2, 0.25) is 0 Å². The van der Waals surface area contributed by atoms with Gasteiger partial charge < -0.3 is 9.47 Å². The maximum absolute atomic E-state index is 11.6. The number of esters is 1. The number of ether oxygens (including phenoxy) is 2. The molecule has 0 N–H and O–H groups in total. The van der Waals surface area contributed by atoms with Crippen molar-refractivity contribution >= 4 is 5.97 Å². The van der Waals surface area contributed by atoms with Crippen LogP contribution in [0.25, 0.3) is 0 Å². The summed E-state index contributed by atoms with van der Waals surface area (Å²) in [5.74, 6) is -0.172. The fourth-order valence-corrected chi connectivity index (χ4v) is 2.02. The summed E-state index contributed by atoms with van der Waals surface area (Å²) in [7, 11) is 0.